The van der Waals surface area contributed by atoms with Gasteiger partial charge in [0.25, 0.3) is 0 Å². The van der Waals surface area contributed by atoms with Crippen LogP contribution >= 0.6 is 11.8 Å². The van der Waals surface area contributed by atoms with Crippen molar-refractivity contribution in [3.63, 3.8) is 0 Å². The van der Waals surface area contributed by atoms with Crippen LogP contribution in [0, 0.1) is 0 Å². The summed E-state index contributed by atoms with van der Waals surface area (Å²) in [5.74, 6) is 1.10. The summed E-state index contributed by atoms with van der Waals surface area (Å²) < 4.78 is 3.57. The Kier molecular flexibility index (Phi) is 5.57. The van der Waals surface area contributed by atoms with E-state index in [1.807, 2.05) is 51.9 Å². The first-order valence-electron chi connectivity index (χ1n) is 9.91. The highest BCUT2D eigenvalue weighted by molar-refractivity contribution is 7.99. The van der Waals surface area contributed by atoms with Crippen molar-refractivity contribution in [1.82, 2.24) is 9.13 Å². The summed E-state index contributed by atoms with van der Waals surface area (Å²) in [6.07, 6.45) is 2.19. The number of amides is 1. The highest BCUT2D eigenvalue weighted by Gasteiger charge is 2.22. The van der Waals surface area contributed by atoms with Crippen molar-refractivity contribution >= 4 is 34.4 Å². The number of thioether (sulfide) groups is 1. The van der Waals surface area contributed by atoms with Crippen molar-refractivity contribution in [2.45, 2.75) is 44.2 Å². The second-order valence-electron chi connectivity index (χ2n) is 7.04. The number of nitrogens with zero attached hydrogens (tertiary/aromatic N) is 3. The Bertz CT molecular complexity index is 1050. The van der Waals surface area contributed by atoms with E-state index in [0.717, 1.165) is 46.8 Å². The maximum absolute atomic E-state index is 13.1. The van der Waals surface area contributed by atoms with Gasteiger partial charge in [-0.25, -0.2) is 4.79 Å². The van der Waals surface area contributed by atoms with Crippen molar-refractivity contribution in [2.75, 3.05) is 17.2 Å². The lowest BCUT2D eigenvalue weighted by molar-refractivity contribution is -0.118. The molecule has 0 aliphatic carbocycles. The molecule has 3 aromatic rings. The van der Waals surface area contributed by atoms with Gasteiger partial charge in [0.05, 0.1) is 16.7 Å². The van der Waals surface area contributed by atoms with E-state index < -0.39 is 0 Å². The first kappa shape index (κ1) is 18.9. The van der Waals surface area contributed by atoms with Gasteiger partial charge >= 0.3 is 5.69 Å². The van der Waals surface area contributed by atoms with E-state index in [4.69, 9.17) is 0 Å². The number of aryl methyl sites for hydroxylation is 2. The van der Waals surface area contributed by atoms with Crippen molar-refractivity contribution < 1.29 is 4.79 Å². The maximum atomic E-state index is 13.1. The van der Waals surface area contributed by atoms with E-state index in [1.54, 1.807) is 16.3 Å². The molecule has 1 aliphatic heterocycles. The Morgan fingerprint density at radius 3 is 2.43 bits per heavy atom. The van der Waals surface area contributed by atoms with E-state index in [2.05, 4.69) is 13.0 Å². The molecule has 0 radical (unpaired) electrons. The number of carbonyl (C=O) groups is 1. The van der Waals surface area contributed by atoms with Gasteiger partial charge in [0.1, 0.15) is 0 Å². The first-order valence-corrected chi connectivity index (χ1v) is 10.9. The standard InChI is InChI=1S/C22H25N3O2S/c1-2-13-24-17-8-3-4-9-18(17)25(22(24)27)15-12-21(26)23-14-7-16-28-20-11-6-5-10-19(20)23/h3-6,8-11H,2,7,12-16H2,1H3. The lowest BCUT2D eigenvalue weighted by Gasteiger charge is -2.22. The molecular formula is C22H25N3O2S. The highest BCUT2D eigenvalue weighted by Crippen LogP contribution is 2.33. The zero-order valence-corrected chi connectivity index (χ0v) is 17.0. The van der Waals surface area contributed by atoms with E-state index in [1.165, 1.54) is 0 Å². The molecule has 0 fully saturated rings. The maximum Gasteiger partial charge on any atom is 0.329 e. The molecule has 6 heteroatoms. The van der Waals surface area contributed by atoms with E-state index in [-0.39, 0.29) is 11.6 Å². The van der Waals surface area contributed by atoms with Gasteiger partial charge in [-0.1, -0.05) is 31.2 Å². The van der Waals surface area contributed by atoms with E-state index >= 15 is 0 Å². The normalized spacial score (nSPS) is 14.1. The van der Waals surface area contributed by atoms with Crippen LogP contribution in [0.1, 0.15) is 26.2 Å². The molecule has 0 atom stereocenters. The molecule has 4 rings (SSSR count). The predicted octanol–water partition coefficient (Wildman–Crippen LogP) is 4.13. The van der Waals surface area contributed by atoms with Crippen LogP contribution < -0.4 is 10.6 Å². The third-order valence-electron chi connectivity index (χ3n) is 5.16. The topological polar surface area (TPSA) is 47.2 Å². The summed E-state index contributed by atoms with van der Waals surface area (Å²) in [4.78, 5) is 29.0. The van der Waals surface area contributed by atoms with Crippen LogP contribution in [0.3, 0.4) is 0 Å². The summed E-state index contributed by atoms with van der Waals surface area (Å²) >= 11 is 1.81. The molecule has 0 saturated heterocycles. The monoisotopic (exact) mass is 395 g/mol. The zero-order chi connectivity index (χ0) is 19.5. The number of fused-ring (bicyclic) bond motifs is 2. The summed E-state index contributed by atoms with van der Waals surface area (Å²) in [6, 6.07) is 15.9. The Hall–Kier alpha value is -2.47. The number of imidazole rings is 1. The van der Waals surface area contributed by atoms with Crippen LogP contribution in [0.2, 0.25) is 0 Å². The van der Waals surface area contributed by atoms with Gasteiger partial charge in [-0.15, -0.1) is 11.8 Å². The van der Waals surface area contributed by atoms with Gasteiger partial charge in [0.2, 0.25) is 5.91 Å². The molecule has 0 N–H and O–H groups in total. The molecular weight excluding hydrogens is 370 g/mol. The Morgan fingerprint density at radius 1 is 1.00 bits per heavy atom. The molecule has 0 spiro atoms. The van der Waals surface area contributed by atoms with Crippen molar-refractivity contribution in [2.24, 2.45) is 0 Å². The third-order valence-corrected chi connectivity index (χ3v) is 6.31. The highest BCUT2D eigenvalue weighted by atomic mass is 32.2. The Labute approximate surface area is 169 Å². The lowest BCUT2D eigenvalue weighted by Crippen LogP contribution is -2.33. The predicted molar refractivity (Wildman–Crippen MR) is 115 cm³/mol. The fraction of sp³-hybridized carbons (Fsp3) is 0.364. The van der Waals surface area contributed by atoms with Crippen molar-refractivity contribution in [3.05, 3.63) is 59.0 Å². The van der Waals surface area contributed by atoms with Gasteiger partial charge < -0.3 is 4.90 Å². The lowest BCUT2D eigenvalue weighted by atomic mass is 10.2. The smallest absolute Gasteiger partial charge is 0.311 e. The van der Waals surface area contributed by atoms with Crippen LogP contribution in [0.4, 0.5) is 5.69 Å². The second-order valence-corrected chi connectivity index (χ2v) is 8.18. The number of benzene rings is 2. The number of aromatic nitrogens is 2. The molecule has 28 heavy (non-hydrogen) atoms. The van der Waals surface area contributed by atoms with Crippen LogP contribution in [0.5, 0.6) is 0 Å². The Morgan fingerprint density at radius 2 is 1.68 bits per heavy atom. The number of para-hydroxylation sites is 3. The minimum absolute atomic E-state index is 0.0253. The second kappa shape index (κ2) is 8.27. The fourth-order valence-corrected chi connectivity index (χ4v) is 4.85. The molecule has 2 aromatic carbocycles. The molecule has 1 amide bonds. The van der Waals surface area contributed by atoms with Gasteiger partial charge in [0, 0.05) is 31.0 Å². The number of carbonyl (C=O) groups excluding carboxylic acids is 1. The minimum Gasteiger partial charge on any atom is -0.311 e. The van der Waals surface area contributed by atoms with Gasteiger partial charge in [-0.05, 0) is 42.9 Å². The number of rotatable bonds is 5. The van der Waals surface area contributed by atoms with Crippen LogP contribution in [0.15, 0.2) is 58.2 Å². The third kappa shape index (κ3) is 3.49. The van der Waals surface area contributed by atoms with Gasteiger partial charge in [-0.3, -0.25) is 13.9 Å². The minimum atomic E-state index is -0.0253. The molecule has 146 valence electrons. The molecule has 0 saturated carbocycles. The average Bonchev–Trinajstić information content (AvgIpc) is 2.86. The van der Waals surface area contributed by atoms with Crippen molar-refractivity contribution in [1.29, 1.82) is 0 Å². The SMILES string of the molecule is CCCn1c(=O)n(CCC(=O)N2CCCSc3ccccc32)c2ccccc21. The summed E-state index contributed by atoms with van der Waals surface area (Å²) in [7, 11) is 0. The van der Waals surface area contributed by atoms with E-state index in [9.17, 15) is 9.59 Å². The Balaban J connectivity index is 1.59. The largest absolute Gasteiger partial charge is 0.329 e. The van der Waals surface area contributed by atoms with Gasteiger partial charge in [0.15, 0.2) is 0 Å². The molecule has 0 unspecified atom stereocenters. The summed E-state index contributed by atoms with van der Waals surface area (Å²) in [5.41, 5.74) is 2.82. The van der Waals surface area contributed by atoms with Crippen molar-refractivity contribution in [3.8, 4) is 0 Å². The summed E-state index contributed by atoms with van der Waals surface area (Å²) in [6.45, 7) is 3.89. The molecule has 1 aliphatic rings. The molecule has 5 nitrogen and oxygen atoms in total. The fourth-order valence-electron chi connectivity index (χ4n) is 3.86. The quantitative estimate of drug-likeness (QED) is 0.653. The number of anilines is 1. The summed E-state index contributed by atoms with van der Waals surface area (Å²) in [5, 5.41) is 0. The molecule has 0 bridgehead atoms. The van der Waals surface area contributed by atoms with Gasteiger partial charge in [-0.2, -0.15) is 0 Å². The van der Waals surface area contributed by atoms with E-state index in [0.29, 0.717) is 19.5 Å². The van der Waals surface area contributed by atoms with Crippen LogP contribution in [0.25, 0.3) is 11.0 Å². The zero-order valence-electron chi connectivity index (χ0n) is 16.1. The average molecular weight is 396 g/mol. The molecule has 2 heterocycles. The van der Waals surface area contributed by atoms with Crippen LogP contribution in [-0.2, 0) is 17.9 Å². The van der Waals surface area contributed by atoms with Crippen LogP contribution in [-0.4, -0.2) is 27.3 Å². The molecule has 1 aromatic heterocycles. The first-order chi connectivity index (χ1) is 13.7. The number of hydrogen-bond donors (Lipinski definition) is 0. The number of hydrogen-bond acceptors (Lipinski definition) is 3.